The van der Waals surface area contributed by atoms with Crippen LogP contribution in [0.25, 0.3) is 10.8 Å². The largest absolute Gasteiger partial charge is 0.288 e. The summed E-state index contributed by atoms with van der Waals surface area (Å²) in [5.41, 5.74) is 2.40. The molecule has 0 aromatic heterocycles. The van der Waals surface area contributed by atoms with Crippen molar-refractivity contribution in [3.8, 4) is 0 Å². The first-order valence-corrected chi connectivity index (χ1v) is 7.43. The minimum atomic E-state index is -0.152. The third-order valence-corrected chi connectivity index (χ3v) is 4.24. The highest BCUT2D eigenvalue weighted by Crippen LogP contribution is 2.31. The Kier molecular flexibility index (Phi) is 2.90. The first kappa shape index (κ1) is 13.0. The summed E-state index contributed by atoms with van der Waals surface area (Å²) in [6.07, 6.45) is 9.62. The number of hydrogen-bond donors (Lipinski definition) is 0. The van der Waals surface area contributed by atoms with Gasteiger partial charge in [0, 0.05) is 11.1 Å². The molecule has 2 aromatic rings. The van der Waals surface area contributed by atoms with Crippen molar-refractivity contribution < 1.29 is 9.59 Å². The van der Waals surface area contributed by atoms with E-state index in [9.17, 15) is 9.59 Å². The summed E-state index contributed by atoms with van der Waals surface area (Å²) in [4.78, 5) is 25.2. The van der Waals surface area contributed by atoms with E-state index in [0.717, 1.165) is 29.2 Å². The molecule has 0 N–H and O–H groups in total. The number of carbonyl (C=O) groups is 2. The lowest BCUT2D eigenvalue weighted by Crippen LogP contribution is -2.01. The van der Waals surface area contributed by atoms with E-state index in [-0.39, 0.29) is 11.6 Å². The number of carbonyl (C=O) groups excluding carboxylic acids is 2. The van der Waals surface area contributed by atoms with Gasteiger partial charge in [0.15, 0.2) is 11.6 Å². The highest BCUT2D eigenvalue weighted by Gasteiger charge is 2.33. The molecule has 22 heavy (non-hydrogen) atoms. The zero-order chi connectivity index (χ0) is 15.1. The molecule has 0 unspecified atom stereocenters. The lowest BCUT2D eigenvalue weighted by molar-refractivity contribution is 0.0988. The van der Waals surface area contributed by atoms with Gasteiger partial charge < -0.3 is 0 Å². The van der Waals surface area contributed by atoms with E-state index >= 15 is 0 Å². The predicted molar refractivity (Wildman–Crippen MR) is 87.1 cm³/mol. The molecule has 0 radical (unpaired) electrons. The minimum Gasteiger partial charge on any atom is -0.288 e. The lowest BCUT2D eigenvalue weighted by atomic mass is 10.0. The molecule has 2 aromatic carbocycles. The topological polar surface area (TPSA) is 34.1 Å². The molecule has 0 aliphatic heterocycles. The molecule has 2 heteroatoms. The van der Waals surface area contributed by atoms with Gasteiger partial charge in [-0.15, -0.1) is 0 Å². The average Bonchev–Trinajstić information content (AvgIpc) is 2.79. The van der Waals surface area contributed by atoms with Crippen molar-refractivity contribution in [3.63, 3.8) is 0 Å². The molecular formula is C20H14O2. The van der Waals surface area contributed by atoms with E-state index in [1.165, 1.54) is 0 Å². The summed E-state index contributed by atoms with van der Waals surface area (Å²) in [7, 11) is 0. The molecule has 2 aliphatic rings. The quantitative estimate of drug-likeness (QED) is 0.574. The van der Waals surface area contributed by atoms with Crippen LogP contribution in [0.4, 0.5) is 0 Å². The maximum atomic E-state index is 12.6. The van der Waals surface area contributed by atoms with Crippen molar-refractivity contribution in [3.05, 3.63) is 83.0 Å². The van der Waals surface area contributed by atoms with Gasteiger partial charge >= 0.3 is 0 Å². The van der Waals surface area contributed by atoms with Crippen molar-refractivity contribution >= 4 is 22.3 Å². The fourth-order valence-electron chi connectivity index (χ4n) is 3.07. The molecule has 106 valence electrons. The molecule has 4 rings (SSSR count). The van der Waals surface area contributed by atoms with Crippen LogP contribution in [0.5, 0.6) is 0 Å². The fraction of sp³-hybridized carbons (Fsp3) is 0.100. The van der Waals surface area contributed by atoms with E-state index in [4.69, 9.17) is 0 Å². The van der Waals surface area contributed by atoms with E-state index in [2.05, 4.69) is 6.08 Å². The van der Waals surface area contributed by atoms with Crippen LogP contribution in [0.15, 0.2) is 71.8 Å². The first-order chi connectivity index (χ1) is 10.7. The summed E-state index contributed by atoms with van der Waals surface area (Å²) >= 11 is 0. The molecular weight excluding hydrogens is 272 g/mol. The van der Waals surface area contributed by atoms with Gasteiger partial charge in [-0.25, -0.2) is 0 Å². The van der Waals surface area contributed by atoms with Crippen LogP contribution < -0.4 is 0 Å². The van der Waals surface area contributed by atoms with Crippen LogP contribution in [0.2, 0.25) is 0 Å². The van der Waals surface area contributed by atoms with Crippen molar-refractivity contribution in [2.24, 2.45) is 0 Å². The molecule has 0 bridgehead atoms. The number of ketones is 2. The number of allylic oxidation sites excluding steroid dienone is 6. The van der Waals surface area contributed by atoms with Gasteiger partial charge in [0.1, 0.15) is 0 Å². The highest BCUT2D eigenvalue weighted by molar-refractivity contribution is 6.40. The van der Waals surface area contributed by atoms with Crippen molar-refractivity contribution in [1.82, 2.24) is 0 Å². The molecule has 0 atom stereocenters. The fourth-order valence-corrected chi connectivity index (χ4v) is 3.07. The van der Waals surface area contributed by atoms with Crippen LogP contribution in [0.1, 0.15) is 33.6 Å². The maximum Gasteiger partial charge on any atom is 0.197 e. The molecule has 0 spiro atoms. The SMILES string of the molecule is O=C1C(=CC2=CC=CCC2)C(=O)c2cc3ccccc3cc21. The van der Waals surface area contributed by atoms with Crippen LogP contribution in [-0.4, -0.2) is 11.6 Å². The maximum absolute atomic E-state index is 12.6. The Morgan fingerprint density at radius 2 is 1.55 bits per heavy atom. The monoisotopic (exact) mass is 286 g/mol. The van der Waals surface area contributed by atoms with Crippen molar-refractivity contribution in [2.45, 2.75) is 12.8 Å². The summed E-state index contributed by atoms with van der Waals surface area (Å²) in [5.74, 6) is -0.303. The van der Waals surface area contributed by atoms with Gasteiger partial charge in [0.25, 0.3) is 0 Å². The zero-order valence-electron chi connectivity index (χ0n) is 12.0. The lowest BCUT2D eigenvalue weighted by Gasteiger charge is -2.04. The van der Waals surface area contributed by atoms with E-state index < -0.39 is 0 Å². The standard InChI is InChI=1S/C20H14O2/c21-19-16-11-14-8-4-5-9-15(14)12-17(16)20(22)18(19)10-13-6-2-1-3-7-13/h1-2,4-6,8-12H,3,7H2. The predicted octanol–water partition coefficient (Wildman–Crippen LogP) is 4.42. The van der Waals surface area contributed by atoms with Crippen LogP contribution in [0, 0.1) is 0 Å². The molecule has 0 amide bonds. The Morgan fingerprint density at radius 1 is 0.909 bits per heavy atom. The van der Waals surface area contributed by atoms with E-state index in [0.29, 0.717) is 16.7 Å². The van der Waals surface area contributed by atoms with E-state index in [1.807, 2.05) is 48.6 Å². The summed E-state index contributed by atoms with van der Waals surface area (Å²) < 4.78 is 0. The van der Waals surface area contributed by atoms with Gasteiger partial charge in [-0.2, -0.15) is 0 Å². The van der Waals surface area contributed by atoms with Crippen molar-refractivity contribution in [1.29, 1.82) is 0 Å². The number of fused-ring (bicyclic) bond motifs is 2. The Hall–Kier alpha value is -2.74. The Balaban J connectivity index is 1.85. The summed E-state index contributed by atoms with van der Waals surface area (Å²) in [6.45, 7) is 0. The van der Waals surface area contributed by atoms with Crippen LogP contribution >= 0.6 is 0 Å². The molecule has 2 nitrogen and oxygen atoms in total. The zero-order valence-corrected chi connectivity index (χ0v) is 12.0. The second kappa shape index (κ2) is 4.92. The number of hydrogen-bond acceptors (Lipinski definition) is 2. The molecule has 0 saturated heterocycles. The second-order valence-electron chi connectivity index (χ2n) is 5.67. The minimum absolute atomic E-state index is 0.152. The molecule has 2 aliphatic carbocycles. The highest BCUT2D eigenvalue weighted by atomic mass is 16.2. The Bertz CT molecular complexity index is 854. The van der Waals surface area contributed by atoms with Crippen LogP contribution in [-0.2, 0) is 0 Å². The Morgan fingerprint density at radius 3 is 2.09 bits per heavy atom. The van der Waals surface area contributed by atoms with Gasteiger partial charge in [0.05, 0.1) is 5.57 Å². The van der Waals surface area contributed by atoms with Crippen molar-refractivity contribution in [2.75, 3.05) is 0 Å². The second-order valence-corrected chi connectivity index (χ2v) is 5.67. The van der Waals surface area contributed by atoms with Gasteiger partial charge in [0.2, 0.25) is 0 Å². The molecule has 0 heterocycles. The van der Waals surface area contributed by atoms with Crippen LogP contribution in [0.3, 0.4) is 0 Å². The van der Waals surface area contributed by atoms with Gasteiger partial charge in [-0.05, 0) is 47.4 Å². The van der Waals surface area contributed by atoms with Gasteiger partial charge in [-0.3, -0.25) is 9.59 Å². The number of benzene rings is 2. The summed E-state index contributed by atoms with van der Waals surface area (Å²) in [5, 5.41) is 1.98. The summed E-state index contributed by atoms with van der Waals surface area (Å²) in [6, 6.07) is 11.5. The van der Waals surface area contributed by atoms with Gasteiger partial charge in [-0.1, -0.05) is 42.5 Å². The molecule has 0 fully saturated rings. The third kappa shape index (κ3) is 1.96. The molecule has 0 saturated carbocycles. The average molecular weight is 286 g/mol. The number of Topliss-reactive ketones (excluding diaryl/α,β-unsaturated/α-hetero) is 2. The number of rotatable bonds is 1. The third-order valence-electron chi connectivity index (χ3n) is 4.24. The normalized spacial score (nSPS) is 16.9. The van der Waals surface area contributed by atoms with E-state index in [1.54, 1.807) is 6.08 Å². The smallest absolute Gasteiger partial charge is 0.197 e. The first-order valence-electron chi connectivity index (χ1n) is 7.43. The Labute approximate surface area is 128 Å².